The van der Waals surface area contributed by atoms with Crippen LogP contribution in [-0.4, -0.2) is 44.9 Å². The largest absolute Gasteiger partial charge is 0.316 e. The molecule has 0 aliphatic carbocycles. The Morgan fingerprint density at radius 2 is 2.00 bits per heavy atom. The van der Waals surface area contributed by atoms with Crippen molar-refractivity contribution in [2.75, 3.05) is 26.1 Å². The second-order valence-electron chi connectivity index (χ2n) is 4.93. The number of sulfonamides is 1. The quantitative estimate of drug-likeness (QED) is 0.796. The van der Waals surface area contributed by atoms with Gasteiger partial charge >= 0.3 is 0 Å². The molecule has 1 N–H and O–H groups in total. The highest BCUT2D eigenvalue weighted by Gasteiger charge is 2.23. The molecule has 1 aromatic carbocycles. The van der Waals surface area contributed by atoms with Crippen LogP contribution in [0.4, 0.5) is 0 Å². The van der Waals surface area contributed by atoms with E-state index in [9.17, 15) is 8.42 Å². The molecule has 6 heteroatoms. The normalized spacial score (nSPS) is 13.7. The van der Waals surface area contributed by atoms with Gasteiger partial charge in [0, 0.05) is 25.4 Å². The molecule has 0 aliphatic heterocycles. The standard InChI is InChI=1S/C14H24N2O2S2/c1-12(10-19-4)16(3)20(17,18)11-14-7-5-6-13(8-14)9-15-2/h5-8,12,15H,9-11H2,1-4H3. The molecular weight excluding hydrogens is 292 g/mol. The summed E-state index contributed by atoms with van der Waals surface area (Å²) in [6, 6.07) is 7.72. The summed E-state index contributed by atoms with van der Waals surface area (Å²) >= 11 is 1.66. The molecule has 1 rings (SSSR count). The van der Waals surface area contributed by atoms with E-state index in [1.54, 1.807) is 18.8 Å². The Morgan fingerprint density at radius 1 is 1.35 bits per heavy atom. The van der Waals surface area contributed by atoms with Gasteiger partial charge in [-0.2, -0.15) is 11.8 Å². The predicted molar refractivity (Wildman–Crippen MR) is 87.4 cm³/mol. The molecule has 1 aromatic rings. The molecule has 1 atom stereocenters. The first-order valence-electron chi connectivity index (χ1n) is 6.57. The van der Waals surface area contributed by atoms with E-state index in [2.05, 4.69) is 5.32 Å². The van der Waals surface area contributed by atoms with E-state index < -0.39 is 10.0 Å². The molecular formula is C14H24N2O2S2. The number of nitrogens with zero attached hydrogens (tertiary/aromatic N) is 1. The lowest BCUT2D eigenvalue weighted by Crippen LogP contribution is -2.37. The molecule has 1 unspecified atom stereocenters. The average molecular weight is 316 g/mol. The molecule has 0 heterocycles. The molecule has 4 nitrogen and oxygen atoms in total. The minimum Gasteiger partial charge on any atom is -0.316 e. The van der Waals surface area contributed by atoms with Crippen LogP contribution >= 0.6 is 11.8 Å². The van der Waals surface area contributed by atoms with Crippen molar-refractivity contribution in [3.05, 3.63) is 35.4 Å². The lowest BCUT2D eigenvalue weighted by atomic mass is 10.1. The highest BCUT2D eigenvalue weighted by atomic mass is 32.2. The van der Waals surface area contributed by atoms with Gasteiger partial charge in [0.2, 0.25) is 10.0 Å². The Labute approximate surface area is 127 Å². The molecule has 0 amide bonds. The third-order valence-corrected chi connectivity index (χ3v) is 5.94. The Bertz CT molecular complexity index is 518. The van der Waals surface area contributed by atoms with E-state index in [0.29, 0.717) is 0 Å². The molecule has 0 saturated heterocycles. The third kappa shape index (κ3) is 5.09. The first kappa shape index (κ1) is 17.5. The number of benzene rings is 1. The highest BCUT2D eigenvalue weighted by molar-refractivity contribution is 7.98. The summed E-state index contributed by atoms with van der Waals surface area (Å²) in [4.78, 5) is 0. The fourth-order valence-electron chi connectivity index (χ4n) is 1.97. The fraction of sp³-hybridized carbons (Fsp3) is 0.571. The first-order chi connectivity index (χ1) is 9.40. The van der Waals surface area contributed by atoms with Crippen LogP contribution < -0.4 is 5.32 Å². The zero-order valence-corrected chi connectivity index (χ0v) is 14.2. The van der Waals surface area contributed by atoms with Crippen LogP contribution in [0, 0.1) is 0 Å². The van der Waals surface area contributed by atoms with Gasteiger partial charge in [0.05, 0.1) is 5.75 Å². The van der Waals surface area contributed by atoms with E-state index in [1.807, 2.05) is 44.5 Å². The molecule has 0 spiro atoms. The summed E-state index contributed by atoms with van der Waals surface area (Å²) in [6.45, 7) is 2.68. The lowest BCUT2D eigenvalue weighted by molar-refractivity contribution is 0.414. The van der Waals surface area contributed by atoms with Crippen molar-refractivity contribution in [3.8, 4) is 0 Å². The first-order valence-corrected chi connectivity index (χ1v) is 9.58. The van der Waals surface area contributed by atoms with Crippen LogP contribution in [0.25, 0.3) is 0 Å². The molecule has 114 valence electrons. The van der Waals surface area contributed by atoms with E-state index in [1.165, 1.54) is 4.31 Å². The number of nitrogens with one attached hydrogen (secondary N) is 1. The van der Waals surface area contributed by atoms with Gasteiger partial charge in [-0.15, -0.1) is 0 Å². The van der Waals surface area contributed by atoms with Crippen molar-refractivity contribution in [3.63, 3.8) is 0 Å². The van der Waals surface area contributed by atoms with Crippen molar-refractivity contribution in [2.45, 2.75) is 25.3 Å². The number of hydrogen-bond donors (Lipinski definition) is 1. The number of rotatable bonds is 8. The van der Waals surface area contributed by atoms with Gasteiger partial charge in [-0.3, -0.25) is 0 Å². The van der Waals surface area contributed by atoms with Gasteiger partial charge in [0.25, 0.3) is 0 Å². The maximum Gasteiger partial charge on any atom is 0.218 e. The number of hydrogen-bond acceptors (Lipinski definition) is 4. The van der Waals surface area contributed by atoms with E-state index >= 15 is 0 Å². The molecule has 0 aliphatic rings. The van der Waals surface area contributed by atoms with E-state index in [-0.39, 0.29) is 11.8 Å². The van der Waals surface area contributed by atoms with Gasteiger partial charge in [-0.1, -0.05) is 24.3 Å². The van der Waals surface area contributed by atoms with Crippen molar-refractivity contribution in [1.29, 1.82) is 0 Å². The second-order valence-corrected chi connectivity index (χ2v) is 7.87. The molecule has 20 heavy (non-hydrogen) atoms. The van der Waals surface area contributed by atoms with Crippen LogP contribution in [0.3, 0.4) is 0 Å². The summed E-state index contributed by atoms with van der Waals surface area (Å²) in [7, 11) is 0.270. The van der Waals surface area contributed by atoms with Crippen molar-refractivity contribution < 1.29 is 8.42 Å². The summed E-state index contributed by atoms with van der Waals surface area (Å²) in [5.41, 5.74) is 1.93. The van der Waals surface area contributed by atoms with Crippen molar-refractivity contribution >= 4 is 21.8 Å². The fourth-order valence-corrected chi connectivity index (χ4v) is 4.19. The smallest absolute Gasteiger partial charge is 0.218 e. The van der Waals surface area contributed by atoms with Gasteiger partial charge in [0.1, 0.15) is 0 Å². The zero-order valence-electron chi connectivity index (χ0n) is 12.6. The van der Waals surface area contributed by atoms with Gasteiger partial charge in [0.15, 0.2) is 0 Å². The Balaban J connectivity index is 2.82. The SMILES string of the molecule is CNCc1cccc(CS(=O)(=O)N(C)C(C)CSC)c1. The molecule has 0 fully saturated rings. The highest BCUT2D eigenvalue weighted by Crippen LogP contribution is 2.15. The maximum atomic E-state index is 12.4. The lowest BCUT2D eigenvalue weighted by Gasteiger charge is -2.23. The van der Waals surface area contributed by atoms with Gasteiger partial charge < -0.3 is 5.32 Å². The summed E-state index contributed by atoms with van der Waals surface area (Å²) in [5, 5.41) is 3.07. The van der Waals surface area contributed by atoms with Crippen LogP contribution in [0.5, 0.6) is 0 Å². The molecule has 0 radical (unpaired) electrons. The Kier molecular flexibility index (Phi) is 7.02. The van der Waals surface area contributed by atoms with Crippen LogP contribution in [0.15, 0.2) is 24.3 Å². The summed E-state index contributed by atoms with van der Waals surface area (Å²) in [5.74, 6) is 0.856. The van der Waals surface area contributed by atoms with Gasteiger partial charge in [-0.25, -0.2) is 12.7 Å². The average Bonchev–Trinajstić information content (AvgIpc) is 2.38. The summed E-state index contributed by atoms with van der Waals surface area (Å²) in [6.07, 6.45) is 1.98. The molecule has 0 saturated carbocycles. The topological polar surface area (TPSA) is 49.4 Å². The van der Waals surface area contributed by atoms with Crippen LogP contribution in [-0.2, 0) is 22.3 Å². The monoisotopic (exact) mass is 316 g/mol. The van der Waals surface area contributed by atoms with Crippen molar-refractivity contribution in [2.24, 2.45) is 0 Å². The van der Waals surface area contributed by atoms with Gasteiger partial charge in [-0.05, 0) is 31.4 Å². The molecule has 0 aromatic heterocycles. The van der Waals surface area contributed by atoms with Crippen molar-refractivity contribution in [1.82, 2.24) is 9.62 Å². The Hall–Kier alpha value is -0.560. The minimum absolute atomic E-state index is 0.00971. The van der Waals surface area contributed by atoms with Crippen LogP contribution in [0.1, 0.15) is 18.1 Å². The van der Waals surface area contributed by atoms with E-state index in [4.69, 9.17) is 0 Å². The molecule has 0 bridgehead atoms. The Morgan fingerprint density at radius 3 is 2.60 bits per heavy atom. The minimum atomic E-state index is -3.27. The predicted octanol–water partition coefficient (Wildman–Crippen LogP) is 1.92. The zero-order chi connectivity index (χ0) is 15.2. The second kappa shape index (κ2) is 8.02. The summed E-state index contributed by atoms with van der Waals surface area (Å²) < 4.78 is 26.3. The third-order valence-electron chi connectivity index (χ3n) is 3.19. The number of thioether (sulfide) groups is 1. The van der Waals surface area contributed by atoms with Crippen LogP contribution in [0.2, 0.25) is 0 Å². The maximum absolute atomic E-state index is 12.4. The van der Waals surface area contributed by atoms with E-state index in [0.717, 1.165) is 23.4 Å².